The standard InChI is InChI=1S/C13H16BrN3/c14-12-2-1-11(9-16)13(7-12)17-5-3-10(8-15)4-6-17/h1-2,7,10H,3-6,8,15H2. The fourth-order valence-electron chi connectivity index (χ4n) is 2.27. The van der Waals surface area contributed by atoms with Gasteiger partial charge in [-0.25, -0.2) is 0 Å². The number of hydrogen-bond donors (Lipinski definition) is 1. The van der Waals surface area contributed by atoms with E-state index in [9.17, 15) is 0 Å². The Morgan fingerprint density at radius 2 is 2.12 bits per heavy atom. The Hall–Kier alpha value is -1.05. The van der Waals surface area contributed by atoms with E-state index in [0.29, 0.717) is 5.92 Å². The average Bonchev–Trinajstić information content (AvgIpc) is 2.39. The topological polar surface area (TPSA) is 53.0 Å². The fourth-order valence-corrected chi connectivity index (χ4v) is 2.62. The molecule has 1 aliphatic heterocycles. The minimum Gasteiger partial charge on any atom is -0.370 e. The number of anilines is 1. The third-order valence-electron chi connectivity index (χ3n) is 3.37. The molecule has 17 heavy (non-hydrogen) atoms. The van der Waals surface area contributed by atoms with Crippen molar-refractivity contribution >= 4 is 21.6 Å². The van der Waals surface area contributed by atoms with Gasteiger partial charge in [-0.15, -0.1) is 0 Å². The number of halogens is 1. The highest BCUT2D eigenvalue weighted by molar-refractivity contribution is 9.10. The molecule has 1 aromatic rings. The highest BCUT2D eigenvalue weighted by atomic mass is 79.9. The number of nitrogens with zero attached hydrogens (tertiary/aromatic N) is 2. The maximum absolute atomic E-state index is 9.13. The van der Waals surface area contributed by atoms with Crippen LogP contribution in [-0.2, 0) is 0 Å². The van der Waals surface area contributed by atoms with Gasteiger partial charge in [0.1, 0.15) is 6.07 Å². The van der Waals surface area contributed by atoms with E-state index in [1.165, 1.54) is 0 Å². The summed E-state index contributed by atoms with van der Waals surface area (Å²) in [6.07, 6.45) is 2.24. The minimum atomic E-state index is 0.643. The predicted octanol–water partition coefficient (Wildman–Crippen LogP) is 2.50. The monoisotopic (exact) mass is 293 g/mol. The van der Waals surface area contributed by atoms with Crippen LogP contribution in [0.15, 0.2) is 22.7 Å². The number of benzene rings is 1. The van der Waals surface area contributed by atoms with Crippen molar-refractivity contribution in [1.82, 2.24) is 0 Å². The van der Waals surface area contributed by atoms with Crippen molar-refractivity contribution in [3.05, 3.63) is 28.2 Å². The molecule has 1 aliphatic rings. The maximum atomic E-state index is 9.13. The van der Waals surface area contributed by atoms with E-state index < -0.39 is 0 Å². The molecule has 0 aliphatic carbocycles. The Labute approximate surface area is 110 Å². The predicted molar refractivity (Wildman–Crippen MR) is 72.8 cm³/mol. The van der Waals surface area contributed by atoms with Crippen LogP contribution >= 0.6 is 15.9 Å². The molecule has 0 saturated carbocycles. The summed E-state index contributed by atoms with van der Waals surface area (Å²) in [5, 5.41) is 9.13. The normalized spacial score (nSPS) is 16.9. The summed E-state index contributed by atoms with van der Waals surface area (Å²) in [5.41, 5.74) is 7.48. The van der Waals surface area contributed by atoms with Gasteiger partial charge in [0, 0.05) is 17.6 Å². The zero-order valence-corrected chi connectivity index (χ0v) is 11.3. The number of nitriles is 1. The second-order valence-corrected chi connectivity index (χ2v) is 5.36. The third-order valence-corrected chi connectivity index (χ3v) is 3.86. The second kappa shape index (κ2) is 5.52. The van der Waals surface area contributed by atoms with Crippen LogP contribution in [0.1, 0.15) is 18.4 Å². The van der Waals surface area contributed by atoms with Crippen LogP contribution in [0.25, 0.3) is 0 Å². The zero-order chi connectivity index (χ0) is 12.3. The van der Waals surface area contributed by atoms with E-state index in [1.807, 2.05) is 18.2 Å². The van der Waals surface area contributed by atoms with Gasteiger partial charge < -0.3 is 10.6 Å². The van der Waals surface area contributed by atoms with Crippen LogP contribution in [0, 0.1) is 17.2 Å². The number of hydrogen-bond acceptors (Lipinski definition) is 3. The minimum absolute atomic E-state index is 0.643. The molecule has 1 fully saturated rings. The molecule has 1 saturated heterocycles. The van der Waals surface area contributed by atoms with Gasteiger partial charge in [0.15, 0.2) is 0 Å². The third kappa shape index (κ3) is 2.80. The Morgan fingerprint density at radius 1 is 1.41 bits per heavy atom. The quantitative estimate of drug-likeness (QED) is 0.911. The van der Waals surface area contributed by atoms with Gasteiger partial charge in [-0.2, -0.15) is 5.26 Å². The first-order valence-corrected chi connectivity index (χ1v) is 6.68. The molecule has 3 nitrogen and oxygen atoms in total. The first-order valence-electron chi connectivity index (χ1n) is 5.89. The van der Waals surface area contributed by atoms with Crippen LogP contribution in [-0.4, -0.2) is 19.6 Å². The molecular formula is C13H16BrN3. The Balaban J connectivity index is 2.18. The van der Waals surface area contributed by atoms with Crippen LogP contribution in [0.5, 0.6) is 0 Å². The molecule has 2 rings (SSSR count). The maximum Gasteiger partial charge on any atom is 0.101 e. The average molecular weight is 294 g/mol. The van der Waals surface area contributed by atoms with E-state index >= 15 is 0 Å². The van der Waals surface area contributed by atoms with Gasteiger partial charge in [-0.1, -0.05) is 15.9 Å². The molecule has 90 valence electrons. The highest BCUT2D eigenvalue weighted by Gasteiger charge is 2.20. The largest absolute Gasteiger partial charge is 0.370 e. The molecule has 0 bridgehead atoms. The Morgan fingerprint density at radius 3 is 2.71 bits per heavy atom. The van der Waals surface area contributed by atoms with Crippen LogP contribution in [0.3, 0.4) is 0 Å². The SMILES string of the molecule is N#Cc1ccc(Br)cc1N1CCC(CN)CC1. The van der Waals surface area contributed by atoms with Crippen molar-refractivity contribution in [2.75, 3.05) is 24.5 Å². The molecule has 0 amide bonds. The fraction of sp³-hybridized carbons (Fsp3) is 0.462. The zero-order valence-electron chi connectivity index (χ0n) is 9.69. The van der Waals surface area contributed by atoms with Crippen molar-refractivity contribution < 1.29 is 0 Å². The molecule has 2 N–H and O–H groups in total. The number of rotatable bonds is 2. The van der Waals surface area contributed by atoms with E-state index in [0.717, 1.165) is 48.2 Å². The first-order chi connectivity index (χ1) is 8.24. The summed E-state index contributed by atoms with van der Waals surface area (Å²) in [7, 11) is 0. The van der Waals surface area contributed by atoms with Crippen molar-refractivity contribution in [3.63, 3.8) is 0 Å². The van der Waals surface area contributed by atoms with Crippen molar-refractivity contribution in [3.8, 4) is 6.07 Å². The summed E-state index contributed by atoms with van der Waals surface area (Å²) < 4.78 is 1.02. The Kier molecular flexibility index (Phi) is 4.03. The lowest BCUT2D eigenvalue weighted by Crippen LogP contribution is -2.36. The van der Waals surface area contributed by atoms with Crippen LogP contribution in [0.2, 0.25) is 0 Å². The lowest BCUT2D eigenvalue weighted by molar-refractivity contribution is 0.414. The highest BCUT2D eigenvalue weighted by Crippen LogP contribution is 2.28. The molecule has 0 unspecified atom stereocenters. The molecule has 0 radical (unpaired) electrons. The summed E-state index contributed by atoms with van der Waals surface area (Å²) in [4.78, 5) is 2.29. The second-order valence-electron chi connectivity index (χ2n) is 4.44. The van der Waals surface area contributed by atoms with Crippen molar-refractivity contribution in [2.24, 2.45) is 11.7 Å². The number of nitrogens with two attached hydrogens (primary N) is 1. The van der Waals surface area contributed by atoms with Gasteiger partial charge >= 0.3 is 0 Å². The van der Waals surface area contributed by atoms with Gasteiger partial charge in [0.2, 0.25) is 0 Å². The van der Waals surface area contributed by atoms with Gasteiger partial charge in [-0.3, -0.25) is 0 Å². The lowest BCUT2D eigenvalue weighted by atomic mass is 9.96. The molecule has 0 atom stereocenters. The van der Waals surface area contributed by atoms with E-state index in [1.54, 1.807) is 0 Å². The van der Waals surface area contributed by atoms with Crippen LogP contribution < -0.4 is 10.6 Å². The van der Waals surface area contributed by atoms with Gasteiger partial charge in [-0.05, 0) is 43.5 Å². The summed E-state index contributed by atoms with van der Waals surface area (Å²) in [5.74, 6) is 0.643. The molecular weight excluding hydrogens is 278 g/mol. The summed E-state index contributed by atoms with van der Waals surface area (Å²) in [6, 6.07) is 8.07. The van der Waals surface area contributed by atoms with E-state index in [4.69, 9.17) is 11.0 Å². The smallest absolute Gasteiger partial charge is 0.101 e. The molecule has 1 aromatic carbocycles. The molecule has 0 spiro atoms. The van der Waals surface area contributed by atoms with Gasteiger partial charge in [0.25, 0.3) is 0 Å². The number of piperidine rings is 1. The molecule has 1 heterocycles. The van der Waals surface area contributed by atoms with Crippen molar-refractivity contribution in [1.29, 1.82) is 5.26 Å². The molecule has 4 heteroatoms. The molecule has 0 aromatic heterocycles. The first kappa shape index (κ1) is 12.4. The van der Waals surface area contributed by atoms with Gasteiger partial charge in [0.05, 0.1) is 11.3 Å². The van der Waals surface area contributed by atoms with Crippen molar-refractivity contribution in [2.45, 2.75) is 12.8 Å². The van der Waals surface area contributed by atoms with E-state index in [-0.39, 0.29) is 0 Å². The summed E-state index contributed by atoms with van der Waals surface area (Å²) >= 11 is 3.46. The Bertz CT molecular complexity index is 431. The lowest BCUT2D eigenvalue weighted by Gasteiger charge is -2.33. The summed E-state index contributed by atoms with van der Waals surface area (Å²) in [6.45, 7) is 2.76. The van der Waals surface area contributed by atoms with E-state index in [2.05, 4.69) is 26.9 Å². The van der Waals surface area contributed by atoms with Crippen LogP contribution in [0.4, 0.5) is 5.69 Å².